The number of aromatic nitrogens is 1. The number of halogens is 5. The van der Waals surface area contributed by atoms with Crippen LogP contribution in [0.25, 0.3) is 0 Å². The number of nitrogens with zero attached hydrogens (tertiary/aromatic N) is 1. The average Bonchev–Trinajstić information content (AvgIpc) is 1.97. The Hall–Kier alpha value is -0.0400. The molecule has 0 amide bonds. The van der Waals surface area contributed by atoms with Crippen LogP contribution in [-0.2, 0) is 0 Å². The Morgan fingerprint density at radius 1 is 1.50 bits per heavy atom. The van der Waals surface area contributed by atoms with Crippen LogP contribution in [0.5, 0.6) is 0 Å². The largest absolute Gasteiger partial charge is 0.268 e. The van der Waals surface area contributed by atoms with Gasteiger partial charge >= 0.3 is 0 Å². The molecule has 1 nitrogen and oxygen atoms in total. The van der Waals surface area contributed by atoms with E-state index in [1.807, 2.05) is 0 Å². The van der Waals surface area contributed by atoms with Crippen LogP contribution < -0.4 is 0 Å². The van der Waals surface area contributed by atoms with Gasteiger partial charge in [0.15, 0.2) is 5.82 Å². The van der Waals surface area contributed by atoms with Gasteiger partial charge in [0, 0.05) is 6.20 Å². The quantitative estimate of drug-likeness (QED) is 0.572. The SMILES string of the molecule is Fc1c(I)ncc(Cl)c1C(F)F. The van der Waals surface area contributed by atoms with E-state index >= 15 is 0 Å². The molecule has 1 aromatic rings. The van der Waals surface area contributed by atoms with Gasteiger partial charge in [-0.2, -0.15) is 0 Å². The first-order valence-corrected chi connectivity index (χ1v) is 4.27. The fourth-order valence-corrected chi connectivity index (χ4v) is 1.30. The predicted octanol–water partition coefficient (Wildman–Crippen LogP) is 3.42. The summed E-state index contributed by atoms with van der Waals surface area (Å²) in [6, 6.07) is 0. The molecule has 0 N–H and O–H groups in total. The van der Waals surface area contributed by atoms with Crippen LogP contribution in [0.3, 0.4) is 0 Å². The minimum absolute atomic E-state index is 0.104. The number of rotatable bonds is 1. The first-order valence-electron chi connectivity index (χ1n) is 2.81. The van der Waals surface area contributed by atoms with Crippen LogP contribution in [0.15, 0.2) is 6.20 Å². The molecule has 6 heteroatoms. The van der Waals surface area contributed by atoms with Crippen LogP contribution in [0.4, 0.5) is 13.2 Å². The van der Waals surface area contributed by atoms with E-state index in [4.69, 9.17) is 11.6 Å². The van der Waals surface area contributed by atoms with Gasteiger partial charge in [-0.3, -0.25) is 0 Å². The number of alkyl halides is 2. The molecule has 66 valence electrons. The topological polar surface area (TPSA) is 12.9 Å². The molecule has 0 spiro atoms. The van der Waals surface area contributed by atoms with Gasteiger partial charge in [-0.15, -0.1) is 0 Å². The summed E-state index contributed by atoms with van der Waals surface area (Å²) in [6.45, 7) is 0. The molecule has 12 heavy (non-hydrogen) atoms. The summed E-state index contributed by atoms with van der Waals surface area (Å²) >= 11 is 6.83. The van der Waals surface area contributed by atoms with Gasteiger partial charge in [0.05, 0.1) is 10.6 Å². The standard InChI is InChI=1S/C6H2ClF3IN/c7-2-1-12-6(11)4(8)3(2)5(9)10/h1,5H. The number of pyridine rings is 1. The van der Waals surface area contributed by atoms with Crippen LogP contribution in [0.1, 0.15) is 12.0 Å². The Morgan fingerprint density at radius 3 is 2.50 bits per heavy atom. The third-order valence-corrected chi connectivity index (χ3v) is 2.24. The second-order valence-corrected chi connectivity index (χ2v) is 3.35. The highest BCUT2D eigenvalue weighted by Gasteiger charge is 2.20. The van der Waals surface area contributed by atoms with E-state index in [1.165, 1.54) is 22.6 Å². The second-order valence-electron chi connectivity index (χ2n) is 1.93. The first kappa shape index (κ1) is 10.0. The van der Waals surface area contributed by atoms with Crippen molar-refractivity contribution in [1.29, 1.82) is 0 Å². The minimum Gasteiger partial charge on any atom is -0.246 e. The smallest absolute Gasteiger partial charge is 0.246 e. The van der Waals surface area contributed by atoms with Crippen LogP contribution in [0, 0.1) is 9.52 Å². The molecule has 0 bridgehead atoms. The van der Waals surface area contributed by atoms with E-state index < -0.39 is 17.8 Å². The number of hydrogen-bond donors (Lipinski definition) is 0. The van der Waals surface area contributed by atoms with Crippen molar-refractivity contribution in [3.63, 3.8) is 0 Å². The van der Waals surface area contributed by atoms with Gasteiger partial charge in [-0.05, 0) is 22.6 Å². The molecule has 0 unspecified atom stereocenters. The van der Waals surface area contributed by atoms with Crippen molar-refractivity contribution in [2.45, 2.75) is 6.43 Å². The molecule has 0 saturated carbocycles. The normalized spacial score (nSPS) is 10.8. The van der Waals surface area contributed by atoms with Crippen molar-refractivity contribution >= 4 is 34.2 Å². The van der Waals surface area contributed by atoms with Crippen LogP contribution >= 0.6 is 34.2 Å². The van der Waals surface area contributed by atoms with Crippen molar-refractivity contribution in [3.05, 3.63) is 26.3 Å². The molecule has 0 fully saturated rings. The zero-order chi connectivity index (χ0) is 9.30. The van der Waals surface area contributed by atoms with Gasteiger partial charge in [0.2, 0.25) is 0 Å². The van der Waals surface area contributed by atoms with Gasteiger partial charge in [0.1, 0.15) is 3.70 Å². The molecule has 0 saturated heterocycles. The summed E-state index contributed by atoms with van der Waals surface area (Å²) in [4.78, 5) is 3.47. The maximum atomic E-state index is 12.9. The van der Waals surface area contributed by atoms with Gasteiger partial charge < -0.3 is 0 Å². The molecule has 0 aliphatic heterocycles. The fourth-order valence-electron chi connectivity index (χ4n) is 0.656. The predicted molar refractivity (Wildman–Crippen MR) is 46.9 cm³/mol. The van der Waals surface area contributed by atoms with Crippen molar-refractivity contribution in [3.8, 4) is 0 Å². The van der Waals surface area contributed by atoms with E-state index in [-0.39, 0.29) is 8.72 Å². The maximum absolute atomic E-state index is 12.9. The lowest BCUT2D eigenvalue weighted by Crippen LogP contribution is -1.97. The lowest BCUT2D eigenvalue weighted by Gasteiger charge is -2.04. The molecular weight excluding hydrogens is 305 g/mol. The Labute approximate surface area is 85.1 Å². The zero-order valence-corrected chi connectivity index (χ0v) is 8.41. The summed E-state index contributed by atoms with van der Waals surface area (Å²) in [5, 5.41) is -0.345. The van der Waals surface area contributed by atoms with E-state index in [0.717, 1.165) is 6.20 Å². The third-order valence-electron chi connectivity index (χ3n) is 1.18. The Kier molecular flexibility index (Phi) is 3.16. The Bertz CT molecular complexity index is 305. The van der Waals surface area contributed by atoms with E-state index in [2.05, 4.69) is 4.98 Å². The Morgan fingerprint density at radius 2 is 2.08 bits per heavy atom. The highest BCUT2D eigenvalue weighted by Crippen LogP contribution is 2.30. The molecule has 1 aromatic heterocycles. The average molecular weight is 307 g/mol. The lowest BCUT2D eigenvalue weighted by molar-refractivity contribution is 0.146. The molecule has 0 atom stereocenters. The van der Waals surface area contributed by atoms with E-state index in [9.17, 15) is 13.2 Å². The second kappa shape index (κ2) is 3.78. The first-order chi connectivity index (χ1) is 5.54. The minimum atomic E-state index is -2.91. The summed E-state index contributed by atoms with van der Waals surface area (Å²) in [6.07, 6.45) is -1.90. The zero-order valence-electron chi connectivity index (χ0n) is 5.49. The summed E-state index contributed by atoms with van der Waals surface area (Å²) in [5.41, 5.74) is -0.781. The molecule has 0 radical (unpaired) electrons. The molecule has 0 aliphatic rings. The molecular formula is C6H2ClF3IN. The number of hydrogen-bond acceptors (Lipinski definition) is 1. The monoisotopic (exact) mass is 307 g/mol. The van der Waals surface area contributed by atoms with Crippen LogP contribution in [0.2, 0.25) is 5.02 Å². The summed E-state index contributed by atoms with van der Waals surface area (Å²) in [7, 11) is 0. The molecule has 0 aromatic carbocycles. The molecule has 1 rings (SSSR count). The third kappa shape index (κ3) is 1.82. The lowest BCUT2D eigenvalue weighted by atomic mass is 10.3. The van der Waals surface area contributed by atoms with E-state index in [1.54, 1.807) is 0 Å². The van der Waals surface area contributed by atoms with E-state index in [0.29, 0.717) is 0 Å². The van der Waals surface area contributed by atoms with Crippen molar-refractivity contribution < 1.29 is 13.2 Å². The summed E-state index contributed by atoms with van der Waals surface area (Å²) in [5.74, 6) is -1.04. The van der Waals surface area contributed by atoms with Gasteiger partial charge in [-0.25, -0.2) is 18.2 Å². The van der Waals surface area contributed by atoms with Gasteiger partial charge in [-0.1, -0.05) is 11.6 Å². The highest BCUT2D eigenvalue weighted by atomic mass is 127. The molecule has 1 heterocycles. The maximum Gasteiger partial charge on any atom is 0.268 e. The summed E-state index contributed by atoms with van der Waals surface area (Å²) < 4.78 is 37.0. The highest BCUT2D eigenvalue weighted by molar-refractivity contribution is 14.1. The van der Waals surface area contributed by atoms with Crippen molar-refractivity contribution in [1.82, 2.24) is 4.98 Å². The van der Waals surface area contributed by atoms with Crippen LogP contribution in [-0.4, -0.2) is 4.98 Å². The molecule has 0 aliphatic carbocycles. The fraction of sp³-hybridized carbons (Fsp3) is 0.167. The van der Waals surface area contributed by atoms with Crippen molar-refractivity contribution in [2.75, 3.05) is 0 Å². The van der Waals surface area contributed by atoms with Crippen molar-refractivity contribution in [2.24, 2.45) is 0 Å². The van der Waals surface area contributed by atoms with Gasteiger partial charge in [0.25, 0.3) is 6.43 Å². The Balaban J connectivity index is 3.33.